The van der Waals surface area contributed by atoms with Crippen LogP contribution in [-0.4, -0.2) is 24.0 Å². The number of hydrogen-bond donors (Lipinski definition) is 1. The lowest BCUT2D eigenvalue weighted by Crippen LogP contribution is -2.21. The molecule has 0 aromatic heterocycles. The predicted octanol–water partition coefficient (Wildman–Crippen LogP) is 5.59. The summed E-state index contributed by atoms with van der Waals surface area (Å²) in [5.74, 6) is -0.196. The predicted molar refractivity (Wildman–Crippen MR) is 101 cm³/mol. The van der Waals surface area contributed by atoms with E-state index in [9.17, 15) is 4.79 Å². The number of aryl methyl sites for hydroxylation is 1. The molecule has 1 unspecified atom stereocenters. The van der Waals surface area contributed by atoms with Gasteiger partial charge in [-0.3, -0.25) is 0 Å². The summed E-state index contributed by atoms with van der Waals surface area (Å²) in [6.07, 6.45) is 12.2. The first-order chi connectivity index (χ1) is 12.1. The molecule has 0 fully saturated rings. The SMILES string of the molecule is CCCCCCCCCCCc1ccccc1OC(C)OCC(=O)O. The topological polar surface area (TPSA) is 55.8 Å². The van der Waals surface area contributed by atoms with E-state index in [1.807, 2.05) is 18.2 Å². The van der Waals surface area contributed by atoms with Crippen LogP contribution in [0, 0.1) is 0 Å². The smallest absolute Gasteiger partial charge is 0.329 e. The van der Waals surface area contributed by atoms with Crippen molar-refractivity contribution in [3.63, 3.8) is 0 Å². The van der Waals surface area contributed by atoms with Crippen LogP contribution in [0.2, 0.25) is 0 Å². The number of hydrogen-bond acceptors (Lipinski definition) is 3. The molecule has 1 rings (SSSR count). The summed E-state index contributed by atoms with van der Waals surface area (Å²) in [4.78, 5) is 10.5. The lowest BCUT2D eigenvalue weighted by molar-refractivity contribution is -0.151. The Balaban J connectivity index is 2.24. The third-order valence-corrected chi connectivity index (χ3v) is 4.26. The number of carboxylic acids is 1. The minimum atomic E-state index is -0.988. The molecule has 0 saturated heterocycles. The molecule has 25 heavy (non-hydrogen) atoms. The number of aliphatic carboxylic acids is 1. The molecule has 0 aliphatic rings. The Kier molecular flexibility index (Phi) is 11.8. The highest BCUT2D eigenvalue weighted by Crippen LogP contribution is 2.22. The van der Waals surface area contributed by atoms with E-state index in [0.29, 0.717) is 0 Å². The monoisotopic (exact) mass is 350 g/mol. The van der Waals surface area contributed by atoms with Crippen molar-refractivity contribution in [2.75, 3.05) is 6.61 Å². The van der Waals surface area contributed by atoms with Crippen molar-refractivity contribution in [2.24, 2.45) is 0 Å². The maximum absolute atomic E-state index is 10.5. The molecule has 1 aromatic carbocycles. The van der Waals surface area contributed by atoms with Crippen molar-refractivity contribution in [1.29, 1.82) is 0 Å². The minimum Gasteiger partial charge on any atom is -0.480 e. The molecule has 0 radical (unpaired) electrons. The fraction of sp³-hybridized carbons (Fsp3) is 0.667. The number of benzene rings is 1. The summed E-state index contributed by atoms with van der Waals surface area (Å²) >= 11 is 0. The van der Waals surface area contributed by atoms with Crippen LogP contribution in [0.5, 0.6) is 5.75 Å². The number of carboxylic acid groups (broad SMARTS) is 1. The zero-order chi connectivity index (χ0) is 18.3. The summed E-state index contributed by atoms with van der Waals surface area (Å²) in [6.45, 7) is 3.63. The van der Waals surface area contributed by atoms with Gasteiger partial charge >= 0.3 is 5.97 Å². The zero-order valence-corrected chi connectivity index (χ0v) is 15.8. The van der Waals surface area contributed by atoms with Gasteiger partial charge < -0.3 is 14.6 Å². The number of para-hydroxylation sites is 1. The molecule has 0 spiro atoms. The second kappa shape index (κ2) is 13.7. The van der Waals surface area contributed by atoms with Gasteiger partial charge in [0.25, 0.3) is 0 Å². The molecular formula is C21H34O4. The standard InChI is InChI=1S/C21H34O4/c1-3-4-5-6-7-8-9-10-11-14-19-15-12-13-16-20(19)25-18(2)24-17-21(22)23/h12-13,15-16,18H,3-11,14,17H2,1-2H3,(H,22,23). The van der Waals surface area contributed by atoms with Crippen LogP contribution in [0.3, 0.4) is 0 Å². The van der Waals surface area contributed by atoms with Crippen molar-refractivity contribution in [3.8, 4) is 5.75 Å². The van der Waals surface area contributed by atoms with Gasteiger partial charge in [0.15, 0.2) is 6.29 Å². The Morgan fingerprint density at radius 2 is 1.60 bits per heavy atom. The molecular weight excluding hydrogens is 316 g/mol. The van der Waals surface area contributed by atoms with Gasteiger partial charge in [-0.05, 0) is 31.4 Å². The van der Waals surface area contributed by atoms with Crippen LogP contribution in [-0.2, 0) is 16.0 Å². The number of unbranched alkanes of at least 4 members (excludes halogenated alkanes) is 8. The van der Waals surface area contributed by atoms with Crippen LogP contribution in [0.15, 0.2) is 24.3 Å². The van der Waals surface area contributed by atoms with E-state index in [4.69, 9.17) is 14.6 Å². The largest absolute Gasteiger partial charge is 0.480 e. The zero-order valence-electron chi connectivity index (χ0n) is 15.8. The molecule has 0 heterocycles. The van der Waals surface area contributed by atoms with E-state index in [-0.39, 0.29) is 6.61 Å². The maximum atomic E-state index is 10.5. The van der Waals surface area contributed by atoms with Crippen LogP contribution < -0.4 is 4.74 Å². The van der Waals surface area contributed by atoms with E-state index in [1.54, 1.807) is 6.92 Å². The maximum Gasteiger partial charge on any atom is 0.329 e. The van der Waals surface area contributed by atoms with Crippen LogP contribution in [0.4, 0.5) is 0 Å². The Labute approximate surface area is 152 Å². The van der Waals surface area contributed by atoms with E-state index >= 15 is 0 Å². The first-order valence-corrected chi connectivity index (χ1v) is 9.71. The van der Waals surface area contributed by atoms with Crippen molar-refractivity contribution in [1.82, 2.24) is 0 Å². The van der Waals surface area contributed by atoms with E-state index in [0.717, 1.165) is 24.2 Å². The van der Waals surface area contributed by atoms with Crippen LogP contribution in [0.25, 0.3) is 0 Å². The van der Waals surface area contributed by atoms with Crippen LogP contribution in [0.1, 0.15) is 77.2 Å². The molecule has 0 aliphatic carbocycles. The molecule has 4 heteroatoms. The molecule has 1 N–H and O–H groups in total. The first-order valence-electron chi connectivity index (χ1n) is 9.71. The van der Waals surface area contributed by atoms with Gasteiger partial charge in [0.2, 0.25) is 0 Å². The van der Waals surface area contributed by atoms with E-state index in [1.165, 1.54) is 51.4 Å². The highest BCUT2D eigenvalue weighted by molar-refractivity contribution is 5.68. The van der Waals surface area contributed by atoms with Crippen LogP contribution >= 0.6 is 0 Å². The molecule has 0 bridgehead atoms. The quantitative estimate of drug-likeness (QED) is 0.331. The molecule has 142 valence electrons. The third kappa shape index (κ3) is 10.8. The molecule has 1 atom stereocenters. The lowest BCUT2D eigenvalue weighted by Gasteiger charge is -2.17. The van der Waals surface area contributed by atoms with Gasteiger partial charge in [0.1, 0.15) is 12.4 Å². The fourth-order valence-electron chi connectivity index (χ4n) is 2.85. The van der Waals surface area contributed by atoms with Gasteiger partial charge in [-0.2, -0.15) is 0 Å². The summed E-state index contributed by atoms with van der Waals surface area (Å²) in [7, 11) is 0. The molecule has 1 aromatic rings. The van der Waals surface area contributed by atoms with Gasteiger partial charge in [0, 0.05) is 0 Å². The third-order valence-electron chi connectivity index (χ3n) is 4.26. The van der Waals surface area contributed by atoms with Crippen molar-refractivity contribution < 1.29 is 19.4 Å². The second-order valence-electron chi connectivity index (χ2n) is 6.58. The van der Waals surface area contributed by atoms with Gasteiger partial charge in [0.05, 0.1) is 0 Å². The summed E-state index contributed by atoms with van der Waals surface area (Å²) in [5.41, 5.74) is 1.16. The van der Waals surface area contributed by atoms with Gasteiger partial charge in [-0.15, -0.1) is 0 Å². The minimum absolute atomic E-state index is 0.346. The van der Waals surface area contributed by atoms with E-state index < -0.39 is 12.3 Å². The first kappa shape index (κ1) is 21.5. The summed E-state index contributed by atoms with van der Waals surface area (Å²) < 4.78 is 10.9. The molecule has 0 amide bonds. The Morgan fingerprint density at radius 3 is 2.24 bits per heavy atom. The summed E-state index contributed by atoms with van der Waals surface area (Å²) in [5, 5.41) is 8.65. The van der Waals surface area contributed by atoms with Gasteiger partial charge in [-0.1, -0.05) is 76.5 Å². The van der Waals surface area contributed by atoms with Crippen molar-refractivity contribution in [2.45, 2.75) is 84.3 Å². The average molecular weight is 350 g/mol. The fourth-order valence-corrected chi connectivity index (χ4v) is 2.85. The van der Waals surface area contributed by atoms with E-state index in [2.05, 4.69) is 13.0 Å². The lowest BCUT2D eigenvalue weighted by atomic mass is 10.0. The molecule has 4 nitrogen and oxygen atoms in total. The Bertz CT molecular complexity index is 473. The Hall–Kier alpha value is -1.55. The van der Waals surface area contributed by atoms with Gasteiger partial charge in [-0.25, -0.2) is 4.79 Å². The normalized spacial score (nSPS) is 12.1. The summed E-state index contributed by atoms with van der Waals surface area (Å²) in [6, 6.07) is 7.94. The average Bonchev–Trinajstić information content (AvgIpc) is 2.60. The molecule has 0 aliphatic heterocycles. The van der Waals surface area contributed by atoms with Crippen molar-refractivity contribution >= 4 is 5.97 Å². The number of ether oxygens (including phenoxy) is 2. The number of rotatable bonds is 15. The highest BCUT2D eigenvalue weighted by atomic mass is 16.7. The second-order valence-corrected chi connectivity index (χ2v) is 6.58. The van der Waals surface area contributed by atoms with Crippen molar-refractivity contribution in [3.05, 3.63) is 29.8 Å². The molecule has 0 saturated carbocycles. The highest BCUT2D eigenvalue weighted by Gasteiger charge is 2.09. The Morgan fingerprint density at radius 1 is 1.00 bits per heavy atom. The number of carbonyl (C=O) groups is 1.